The van der Waals surface area contributed by atoms with Crippen molar-refractivity contribution in [2.24, 2.45) is 7.05 Å². The minimum absolute atomic E-state index is 0.346. The van der Waals surface area contributed by atoms with E-state index in [2.05, 4.69) is 0 Å². The summed E-state index contributed by atoms with van der Waals surface area (Å²) in [6.07, 6.45) is 1.66. The molecule has 0 unspecified atom stereocenters. The van der Waals surface area contributed by atoms with E-state index in [1.807, 2.05) is 62.8 Å². The molecule has 4 nitrogen and oxygen atoms in total. The molecule has 1 aromatic heterocycles. The van der Waals surface area contributed by atoms with Crippen LogP contribution in [0.5, 0.6) is 0 Å². The summed E-state index contributed by atoms with van der Waals surface area (Å²) in [5.41, 5.74) is 1.43. The predicted molar refractivity (Wildman–Crippen MR) is 77.6 cm³/mol. The molecule has 4 heteroatoms. The number of amides is 1. The van der Waals surface area contributed by atoms with Crippen molar-refractivity contribution < 1.29 is 9.53 Å². The Hall–Kier alpha value is -1.97. The van der Waals surface area contributed by atoms with Crippen LogP contribution >= 0.6 is 0 Å². The predicted octanol–water partition coefficient (Wildman–Crippen LogP) is 3.55. The molecule has 0 fully saturated rings. The van der Waals surface area contributed by atoms with Crippen LogP contribution in [0, 0.1) is 0 Å². The van der Waals surface area contributed by atoms with E-state index in [0.717, 1.165) is 16.6 Å². The Morgan fingerprint density at radius 2 is 1.95 bits per heavy atom. The minimum Gasteiger partial charge on any atom is -0.443 e. The average molecular weight is 260 g/mol. The zero-order valence-corrected chi connectivity index (χ0v) is 12.1. The van der Waals surface area contributed by atoms with Gasteiger partial charge in [-0.2, -0.15) is 0 Å². The molecule has 0 aliphatic heterocycles. The molecular weight excluding hydrogens is 240 g/mol. The van der Waals surface area contributed by atoms with Crippen LogP contribution in [0.3, 0.4) is 0 Å². The van der Waals surface area contributed by atoms with Gasteiger partial charge in [-0.25, -0.2) is 4.79 Å². The van der Waals surface area contributed by atoms with Gasteiger partial charge < -0.3 is 9.30 Å². The van der Waals surface area contributed by atoms with Gasteiger partial charge in [0.2, 0.25) is 0 Å². The first-order valence-corrected chi connectivity index (χ1v) is 6.30. The molecule has 0 aliphatic carbocycles. The quantitative estimate of drug-likeness (QED) is 0.786. The van der Waals surface area contributed by atoms with Gasteiger partial charge >= 0.3 is 6.09 Å². The van der Waals surface area contributed by atoms with Gasteiger partial charge in [-0.15, -0.1) is 0 Å². The van der Waals surface area contributed by atoms with Gasteiger partial charge in [-0.1, -0.05) is 6.07 Å². The lowest BCUT2D eigenvalue weighted by atomic mass is 10.2. The monoisotopic (exact) mass is 260 g/mol. The van der Waals surface area contributed by atoms with Crippen molar-refractivity contribution in [3.8, 4) is 0 Å². The Morgan fingerprint density at radius 3 is 2.58 bits per heavy atom. The number of carbonyl (C=O) groups excluding carboxylic acids is 1. The molecule has 0 spiro atoms. The summed E-state index contributed by atoms with van der Waals surface area (Å²) in [5.74, 6) is 0. The number of nitrogens with zero attached hydrogens (tertiary/aromatic N) is 2. The summed E-state index contributed by atoms with van der Waals surface area (Å²) >= 11 is 0. The van der Waals surface area contributed by atoms with Crippen LogP contribution in [-0.2, 0) is 11.8 Å². The van der Waals surface area contributed by atoms with Gasteiger partial charge in [0.05, 0.1) is 0 Å². The van der Waals surface area contributed by atoms with Crippen molar-refractivity contribution in [2.75, 3.05) is 11.9 Å². The Morgan fingerprint density at radius 1 is 1.26 bits per heavy atom. The number of fused-ring (bicyclic) bond motifs is 1. The molecule has 1 aromatic carbocycles. The topological polar surface area (TPSA) is 34.5 Å². The maximum absolute atomic E-state index is 12.0. The fourth-order valence-corrected chi connectivity index (χ4v) is 1.90. The molecule has 0 saturated carbocycles. The fraction of sp³-hybridized carbons (Fsp3) is 0.400. The van der Waals surface area contributed by atoms with Crippen LogP contribution in [0.2, 0.25) is 0 Å². The number of hydrogen-bond donors (Lipinski definition) is 0. The highest BCUT2D eigenvalue weighted by Gasteiger charge is 2.20. The molecule has 19 heavy (non-hydrogen) atoms. The maximum Gasteiger partial charge on any atom is 0.414 e. The summed E-state index contributed by atoms with van der Waals surface area (Å²) in [6.45, 7) is 5.58. The highest BCUT2D eigenvalue weighted by Crippen LogP contribution is 2.23. The molecule has 0 N–H and O–H groups in total. The number of carbonyl (C=O) groups is 1. The molecule has 2 aromatic rings. The van der Waals surface area contributed by atoms with E-state index in [1.54, 1.807) is 7.05 Å². The Labute approximate surface area is 113 Å². The second kappa shape index (κ2) is 4.61. The molecule has 0 saturated heterocycles. The zero-order valence-electron chi connectivity index (χ0n) is 12.1. The number of aryl methyl sites for hydroxylation is 1. The van der Waals surface area contributed by atoms with E-state index in [9.17, 15) is 4.79 Å². The van der Waals surface area contributed by atoms with Crippen molar-refractivity contribution in [3.63, 3.8) is 0 Å². The van der Waals surface area contributed by atoms with Crippen molar-refractivity contribution in [2.45, 2.75) is 26.4 Å². The fourth-order valence-electron chi connectivity index (χ4n) is 1.90. The third-order valence-electron chi connectivity index (χ3n) is 2.93. The van der Waals surface area contributed by atoms with Gasteiger partial charge in [0, 0.05) is 31.5 Å². The third-order valence-corrected chi connectivity index (χ3v) is 2.93. The normalized spacial score (nSPS) is 11.6. The lowest BCUT2D eigenvalue weighted by molar-refractivity contribution is 0.0589. The number of hydrogen-bond acceptors (Lipinski definition) is 2. The van der Waals surface area contributed by atoms with E-state index in [4.69, 9.17) is 4.74 Å². The van der Waals surface area contributed by atoms with Gasteiger partial charge in [-0.3, -0.25) is 4.90 Å². The van der Waals surface area contributed by atoms with Gasteiger partial charge in [0.1, 0.15) is 5.60 Å². The first-order valence-electron chi connectivity index (χ1n) is 6.30. The first kappa shape index (κ1) is 13.5. The number of anilines is 1. The Kier molecular flexibility index (Phi) is 3.27. The van der Waals surface area contributed by atoms with Crippen LogP contribution < -0.4 is 4.90 Å². The van der Waals surface area contributed by atoms with Crippen LogP contribution in [0.25, 0.3) is 10.9 Å². The third kappa shape index (κ3) is 2.89. The summed E-state index contributed by atoms with van der Waals surface area (Å²) in [4.78, 5) is 13.5. The van der Waals surface area contributed by atoms with Crippen molar-refractivity contribution in [1.29, 1.82) is 0 Å². The number of aromatic nitrogens is 1. The number of ether oxygens (including phenoxy) is 1. The van der Waals surface area contributed by atoms with Crippen molar-refractivity contribution in [1.82, 2.24) is 4.57 Å². The first-order chi connectivity index (χ1) is 8.78. The second-order valence-corrected chi connectivity index (χ2v) is 5.71. The standard InChI is InChI=1S/C15H20N2O2/c1-15(2,3)19-14(18)17(5)12-7-6-11-8-9-16(4)13(11)10-12/h6-10H,1-5H3. The molecule has 0 bridgehead atoms. The molecule has 1 heterocycles. The molecule has 2 rings (SSSR count). The lowest BCUT2D eigenvalue weighted by Gasteiger charge is -2.24. The van der Waals surface area contributed by atoms with Crippen LogP contribution in [-0.4, -0.2) is 23.3 Å². The van der Waals surface area contributed by atoms with E-state index in [-0.39, 0.29) is 6.09 Å². The van der Waals surface area contributed by atoms with Gasteiger partial charge in [0.15, 0.2) is 0 Å². The SMILES string of the molecule is CN(C(=O)OC(C)(C)C)c1ccc2ccn(C)c2c1. The van der Waals surface area contributed by atoms with Gasteiger partial charge in [0.25, 0.3) is 0 Å². The Bertz CT molecular complexity index is 608. The maximum atomic E-state index is 12.0. The summed E-state index contributed by atoms with van der Waals surface area (Å²) in [6, 6.07) is 7.96. The highest BCUT2D eigenvalue weighted by atomic mass is 16.6. The molecule has 0 radical (unpaired) electrons. The van der Waals surface area contributed by atoms with Crippen LogP contribution in [0.4, 0.5) is 10.5 Å². The van der Waals surface area contributed by atoms with Gasteiger partial charge in [-0.05, 0) is 44.4 Å². The smallest absolute Gasteiger partial charge is 0.414 e. The Balaban J connectivity index is 2.28. The van der Waals surface area contributed by atoms with Crippen molar-refractivity contribution >= 4 is 22.7 Å². The molecular formula is C15H20N2O2. The summed E-state index contributed by atoms with van der Waals surface area (Å²) in [7, 11) is 3.71. The van der Waals surface area contributed by atoms with E-state index < -0.39 is 5.60 Å². The lowest BCUT2D eigenvalue weighted by Crippen LogP contribution is -2.34. The molecule has 1 amide bonds. The molecule has 102 valence electrons. The van der Waals surface area contributed by atoms with Crippen LogP contribution in [0.15, 0.2) is 30.5 Å². The summed E-state index contributed by atoms with van der Waals surface area (Å²) in [5, 5.41) is 1.16. The van der Waals surface area contributed by atoms with Crippen LogP contribution in [0.1, 0.15) is 20.8 Å². The summed E-state index contributed by atoms with van der Waals surface area (Å²) < 4.78 is 7.39. The molecule has 0 aliphatic rings. The second-order valence-electron chi connectivity index (χ2n) is 5.71. The number of benzene rings is 1. The molecule has 0 atom stereocenters. The van der Waals surface area contributed by atoms with E-state index >= 15 is 0 Å². The van der Waals surface area contributed by atoms with Crippen molar-refractivity contribution in [3.05, 3.63) is 30.5 Å². The minimum atomic E-state index is -0.486. The zero-order chi connectivity index (χ0) is 14.2. The number of rotatable bonds is 1. The van der Waals surface area contributed by atoms with E-state index in [0.29, 0.717) is 0 Å². The van der Waals surface area contributed by atoms with E-state index in [1.165, 1.54) is 4.90 Å². The average Bonchev–Trinajstić information content (AvgIpc) is 2.67. The largest absolute Gasteiger partial charge is 0.443 e. The highest BCUT2D eigenvalue weighted by molar-refractivity contribution is 5.91.